The molecule has 1 fully saturated rings. The lowest BCUT2D eigenvalue weighted by atomic mass is 9.95. The van der Waals surface area contributed by atoms with Gasteiger partial charge in [-0.1, -0.05) is 31.5 Å². The highest BCUT2D eigenvalue weighted by Gasteiger charge is 2.26. The molecule has 0 aliphatic heterocycles. The standard InChI is InChI=1S/C21H30N4OS/c1-3-22-21(25-17-8-7-9-18(14-17)27(26)4-2)24-15-16-12-13-23-20-11-6-5-10-19(16)20/h5-6,10-13,17-18H,3-4,7-9,14-15H2,1-2H3,(H2,22,24,25). The molecule has 2 N–H and O–H groups in total. The molecule has 2 aromatic rings. The minimum atomic E-state index is -0.709. The van der Waals surface area contributed by atoms with Crippen molar-refractivity contribution in [2.24, 2.45) is 4.99 Å². The average Bonchev–Trinajstić information content (AvgIpc) is 2.71. The van der Waals surface area contributed by atoms with Crippen molar-refractivity contribution in [2.75, 3.05) is 12.3 Å². The first kappa shape index (κ1) is 19.8. The summed E-state index contributed by atoms with van der Waals surface area (Å²) in [5.74, 6) is 1.59. The number of hydrogen-bond donors (Lipinski definition) is 2. The van der Waals surface area contributed by atoms with Crippen LogP contribution in [-0.4, -0.2) is 38.7 Å². The van der Waals surface area contributed by atoms with Crippen LogP contribution < -0.4 is 10.6 Å². The second-order valence-electron chi connectivity index (χ2n) is 6.98. The molecule has 3 unspecified atom stereocenters. The summed E-state index contributed by atoms with van der Waals surface area (Å²) in [6.45, 7) is 5.52. The van der Waals surface area contributed by atoms with Gasteiger partial charge in [-0.25, -0.2) is 4.99 Å². The van der Waals surface area contributed by atoms with Gasteiger partial charge in [0.25, 0.3) is 0 Å². The molecule has 1 aliphatic carbocycles. The Hall–Kier alpha value is -1.95. The number of aromatic nitrogens is 1. The van der Waals surface area contributed by atoms with Gasteiger partial charge in [0.1, 0.15) is 0 Å². The number of nitrogens with zero attached hydrogens (tertiary/aromatic N) is 2. The van der Waals surface area contributed by atoms with Gasteiger partial charge in [0, 0.05) is 46.0 Å². The van der Waals surface area contributed by atoms with E-state index in [0.29, 0.717) is 17.8 Å². The minimum Gasteiger partial charge on any atom is -0.357 e. The summed E-state index contributed by atoms with van der Waals surface area (Å²) in [6.07, 6.45) is 6.13. The highest BCUT2D eigenvalue weighted by atomic mass is 32.2. The zero-order valence-corrected chi connectivity index (χ0v) is 17.1. The first-order valence-corrected chi connectivity index (χ1v) is 11.3. The number of hydrogen-bond acceptors (Lipinski definition) is 3. The van der Waals surface area contributed by atoms with E-state index in [1.54, 1.807) is 0 Å². The normalized spacial score (nSPS) is 21.8. The molecule has 27 heavy (non-hydrogen) atoms. The van der Waals surface area contributed by atoms with Crippen molar-refractivity contribution < 1.29 is 4.21 Å². The van der Waals surface area contributed by atoms with E-state index in [1.807, 2.05) is 37.4 Å². The van der Waals surface area contributed by atoms with Crippen LogP contribution in [0.25, 0.3) is 10.9 Å². The fraction of sp³-hybridized carbons (Fsp3) is 0.524. The maximum Gasteiger partial charge on any atom is 0.191 e. The number of benzene rings is 1. The Morgan fingerprint density at radius 2 is 2.11 bits per heavy atom. The molecule has 0 bridgehead atoms. The number of guanidine groups is 1. The lowest BCUT2D eigenvalue weighted by Gasteiger charge is -2.30. The van der Waals surface area contributed by atoms with Gasteiger partial charge >= 0.3 is 0 Å². The second kappa shape index (κ2) is 9.83. The third kappa shape index (κ3) is 5.28. The predicted molar refractivity (Wildman–Crippen MR) is 114 cm³/mol. The van der Waals surface area contributed by atoms with Crippen LogP contribution in [0.5, 0.6) is 0 Å². The highest BCUT2D eigenvalue weighted by Crippen LogP contribution is 2.23. The number of nitrogens with one attached hydrogen (secondary N) is 2. The van der Waals surface area contributed by atoms with Gasteiger partial charge in [-0.3, -0.25) is 9.19 Å². The summed E-state index contributed by atoms with van der Waals surface area (Å²) < 4.78 is 12.2. The lowest BCUT2D eigenvalue weighted by molar-refractivity contribution is 0.413. The van der Waals surface area contributed by atoms with Crippen LogP contribution in [0.15, 0.2) is 41.5 Å². The molecule has 0 saturated heterocycles. The first-order valence-electron chi connectivity index (χ1n) is 9.96. The predicted octanol–water partition coefficient (Wildman–Crippen LogP) is 3.37. The molecule has 146 valence electrons. The summed E-state index contributed by atoms with van der Waals surface area (Å²) in [5, 5.41) is 8.39. The van der Waals surface area contributed by atoms with Crippen LogP contribution in [0.1, 0.15) is 45.1 Å². The molecule has 1 heterocycles. The molecule has 3 atom stereocenters. The van der Waals surface area contributed by atoms with Crippen molar-refractivity contribution in [1.29, 1.82) is 0 Å². The smallest absolute Gasteiger partial charge is 0.191 e. The number of para-hydroxylation sites is 1. The topological polar surface area (TPSA) is 66.4 Å². The fourth-order valence-electron chi connectivity index (χ4n) is 3.72. The molecule has 0 spiro atoms. The molecule has 1 aromatic heterocycles. The van der Waals surface area contributed by atoms with Gasteiger partial charge in [-0.15, -0.1) is 0 Å². The van der Waals surface area contributed by atoms with Crippen LogP contribution in [0.4, 0.5) is 0 Å². The number of aliphatic imine (C=N–C) groups is 1. The Labute approximate surface area is 164 Å². The van der Waals surface area contributed by atoms with Crippen LogP contribution in [0.2, 0.25) is 0 Å². The number of fused-ring (bicyclic) bond motifs is 1. The largest absolute Gasteiger partial charge is 0.357 e. The van der Waals surface area contributed by atoms with Crippen LogP contribution in [0, 0.1) is 0 Å². The van der Waals surface area contributed by atoms with Crippen molar-refractivity contribution >= 4 is 27.7 Å². The maximum absolute atomic E-state index is 12.2. The van der Waals surface area contributed by atoms with E-state index in [4.69, 9.17) is 4.99 Å². The molecule has 0 radical (unpaired) electrons. The van der Waals surface area contributed by atoms with E-state index in [2.05, 4.69) is 28.6 Å². The fourth-order valence-corrected chi connectivity index (χ4v) is 5.07. The summed E-state index contributed by atoms with van der Waals surface area (Å²) in [7, 11) is -0.709. The van der Waals surface area contributed by atoms with E-state index < -0.39 is 10.8 Å². The monoisotopic (exact) mass is 386 g/mol. The SMILES string of the molecule is CCNC(=NCc1ccnc2ccccc12)NC1CCCC(S(=O)CC)C1. The molecule has 1 aromatic carbocycles. The van der Waals surface area contributed by atoms with Gasteiger partial charge in [0.05, 0.1) is 12.1 Å². The Kier molecular flexibility index (Phi) is 7.21. The molecule has 6 heteroatoms. The van der Waals surface area contributed by atoms with Crippen molar-refractivity contribution in [3.63, 3.8) is 0 Å². The molecular formula is C21H30N4OS. The zero-order chi connectivity index (χ0) is 19.1. The minimum absolute atomic E-state index is 0.313. The van der Waals surface area contributed by atoms with Crippen molar-refractivity contribution in [3.8, 4) is 0 Å². The first-order chi connectivity index (χ1) is 13.2. The molecule has 1 saturated carbocycles. The van der Waals surface area contributed by atoms with Crippen molar-refractivity contribution in [2.45, 2.75) is 57.4 Å². The highest BCUT2D eigenvalue weighted by molar-refractivity contribution is 7.85. The van der Waals surface area contributed by atoms with Crippen LogP contribution in [-0.2, 0) is 17.3 Å². The van der Waals surface area contributed by atoms with Crippen LogP contribution in [0.3, 0.4) is 0 Å². The molecule has 3 rings (SSSR count). The summed E-state index contributed by atoms with van der Waals surface area (Å²) in [4.78, 5) is 9.23. The van der Waals surface area contributed by atoms with E-state index in [0.717, 1.165) is 54.8 Å². The quantitative estimate of drug-likeness (QED) is 0.590. The molecule has 1 aliphatic rings. The molecule has 5 nitrogen and oxygen atoms in total. The zero-order valence-electron chi connectivity index (χ0n) is 16.3. The van der Waals surface area contributed by atoms with Crippen molar-refractivity contribution in [3.05, 3.63) is 42.1 Å². The van der Waals surface area contributed by atoms with E-state index in [1.165, 1.54) is 5.56 Å². The van der Waals surface area contributed by atoms with Gasteiger partial charge in [0.2, 0.25) is 0 Å². The third-order valence-corrected chi connectivity index (χ3v) is 6.86. The Balaban J connectivity index is 1.70. The van der Waals surface area contributed by atoms with Gasteiger partial charge < -0.3 is 10.6 Å². The molecular weight excluding hydrogens is 356 g/mol. The summed E-state index contributed by atoms with van der Waals surface area (Å²) in [5.41, 5.74) is 2.17. The second-order valence-corrected chi connectivity index (χ2v) is 8.99. The van der Waals surface area contributed by atoms with Gasteiger partial charge in [-0.05, 0) is 43.9 Å². The lowest BCUT2D eigenvalue weighted by Crippen LogP contribution is -2.46. The molecule has 0 amide bonds. The Bertz CT molecular complexity index is 802. The van der Waals surface area contributed by atoms with Gasteiger partial charge in [-0.2, -0.15) is 0 Å². The summed E-state index contributed by atoms with van der Waals surface area (Å²) in [6, 6.07) is 10.5. The van der Waals surface area contributed by atoms with E-state index in [-0.39, 0.29) is 0 Å². The average molecular weight is 387 g/mol. The van der Waals surface area contributed by atoms with Crippen LogP contribution >= 0.6 is 0 Å². The Morgan fingerprint density at radius 3 is 2.93 bits per heavy atom. The summed E-state index contributed by atoms with van der Waals surface area (Å²) >= 11 is 0. The number of pyridine rings is 1. The van der Waals surface area contributed by atoms with Gasteiger partial charge in [0.15, 0.2) is 5.96 Å². The number of rotatable bonds is 6. The maximum atomic E-state index is 12.2. The van der Waals surface area contributed by atoms with Crippen molar-refractivity contribution in [1.82, 2.24) is 15.6 Å². The third-order valence-electron chi connectivity index (χ3n) is 5.11. The van der Waals surface area contributed by atoms with E-state index in [9.17, 15) is 4.21 Å². The Morgan fingerprint density at radius 1 is 1.26 bits per heavy atom. The van der Waals surface area contributed by atoms with E-state index >= 15 is 0 Å².